The number of aryl methyl sites for hydroxylation is 2. The van der Waals surface area contributed by atoms with Crippen molar-refractivity contribution in [1.29, 1.82) is 0 Å². The second-order valence-electron chi connectivity index (χ2n) is 6.40. The van der Waals surface area contributed by atoms with Crippen molar-refractivity contribution >= 4 is 11.0 Å². The van der Waals surface area contributed by atoms with E-state index in [0.29, 0.717) is 6.54 Å². The van der Waals surface area contributed by atoms with E-state index in [0.717, 1.165) is 30.8 Å². The van der Waals surface area contributed by atoms with Gasteiger partial charge in [-0.2, -0.15) is 0 Å². The maximum absolute atomic E-state index is 5.75. The second-order valence-corrected chi connectivity index (χ2v) is 6.40. The fourth-order valence-corrected chi connectivity index (χ4v) is 3.65. The van der Waals surface area contributed by atoms with E-state index in [1.807, 2.05) is 0 Å². The van der Waals surface area contributed by atoms with Gasteiger partial charge in [0.25, 0.3) is 0 Å². The molecule has 1 aromatic carbocycles. The number of rotatable bonds is 6. The maximum atomic E-state index is 5.75. The number of hydrogen-bond donors (Lipinski definition) is 1. The number of hydrogen-bond acceptors (Lipinski definition) is 2. The fraction of sp³-hybridized carbons (Fsp3) is 0.611. The lowest BCUT2D eigenvalue weighted by Gasteiger charge is -2.10. The minimum absolute atomic E-state index is 0.591. The highest BCUT2D eigenvalue weighted by Crippen LogP contribution is 2.29. The molecule has 1 saturated carbocycles. The van der Waals surface area contributed by atoms with E-state index in [1.54, 1.807) is 0 Å². The third-order valence-electron chi connectivity index (χ3n) is 4.83. The van der Waals surface area contributed by atoms with Gasteiger partial charge in [0.2, 0.25) is 0 Å². The van der Waals surface area contributed by atoms with Crippen LogP contribution in [0.3, 0.4) is 0 Å². The lowest BCUT2D eigenvalue weighted by Crippen LogP contribution is -2.06. The third-order valence-corrected chi connectivity index (χ3v) is 4.83. The highest BCUT2D eigenvalue weighted by atomic mass is 15.1. The quantitative estimate of drug-likeness (QED) is 0.871. The van der Waals surface area contributed by atoms with Crippen molar-refractivity contribution in [3.05, 3.63) is 29.6 Å². The summed E-state index contributed by atoms with van der Waals surface area (Å²) < 4.78 is 2.42. The van der Waals surface area contributed by atoms with E-state index in [1.165, 1.54) is 49.0 Å². The molecule has 0 radical (unpaired) electrons. The molecular weight excluding hydrogens is 258 g/mol. The Kier molecular flexibility index (Phi) is 4.59. The zero-order valence-corrected chi connectivity index (χ0v) is 13.1. The first-order valence-corrected chi connectivity index (χ1v) is 8.50. The summed E-state index contributed by atoms with van der Waals surface area (Å²) in [6, 6.07) is 6.48. The lowest BCUT2D eigenvalue weighted by atomic mass is 10.0. The molecule has 1 aliphatic carbocycles. The Labute approximate surface area is 127 Å². The van der Waals surface area contributed by atoms with Crippen LogP contribution in [-0.2, 0) is 19.5 Å². The fourth-order valence-electron chi connectivity index (χ4n) is 3.65. The van der Waals surface area contributed by atoms with Gasteiger partial charge in [-0.25, -0.2) is 4.98 Å². The van der Waals surface area contributed by atoms with Crippen molar-refractivity contribution in [3.63, 3.8) is 0 Å². The van der Waals surface area contributed by atoms with Crippen LogP contribution in [0.15, 0.2) is 18.2 Å². The molecule has 0 amide bonds. The summed E-state index contributed by atoms with van der Waals surface area (Å²) in [5.41, 5.74) is 9.32. The van der Waals surface area contributed by atoms with E-state index in [2.05, 4.69) is 29.7 Å². The summed E-state index contributed by atoms with van der Waals surface area (Å²) in [5.74, 6) is 2.20. The Bertz CT molecular complexity index is 594. The van der Waals surface area contributed by atoms with Gasteiger partial charge in [-0.3, -0.25) is 0 Å². The predicted octanol–water partition coefficient (Wildman–Crippen LogP) is 4.03. The minimum Gasteiger partial charge on any atom is -0.328 e. The Morgan fingerprint density at radius 2 is 2.10 bits per heavy atom. The average molecular weight is 285 g/mol. The van der Waals surface area contributed by atoms with Crippen molar-refractivity contribution in [2.75, 3.05) is 0 Å². The summed E-state index contributed by atoms with van der Waals surface area (Å²) in [5, 5.41) is 0. The molecule has 114 valence electrons. The van der Waals surface area contributed by atoms with Crippen molar-refractivity contribution < 1.29 is 0 Å². The molecule has 1 aromatic heterocycles. The summed E-state index contributed by atoms with van der Waals surface area (Å²) >= 11 is 0. The predicted molar refractivity (Wildman–Crippen MR) is 88.2 cm³/mol. The van der Waals surface area contributed by atoms with Crippen LogP contribution in [0.4, 0.5) is 0 Å². The molecule has 3 rings (SSSR count). The largest absolute Gasteiger partial charge is 0.328 e. The molecule has 0 aliphatic heterocycles. The van der Waals surface area contributed by atoms with Crippen molar-refractivity contribution in [2.45, 2.75) is 65.0 Å². The van der Waals surface area contributed by atoms with Crippen LogP contribution in [0, 0.1) is 5.92 Å². The van der Waals surface area contributed by atoms with Gasteiger partial charge < -0.3 is 10.3 Å². The van der Waals surface area contributed by atoms with Crippen molar-refractivity contribution in [3.8, 4) is 0 Å². The zero-order chi connectivity index (χ0) is 14.7. The van der Waals surface area contributed by atoms with Gasteiger partial charge >= 0.3 is 0 Å². The van der Waals surface area contributed by atoms with Crippen molar-refractivity contribution in [2.24, 2.45) is 11.7 Å². The molecular formula is C18H27N3. The molecule has 1 fully saturated rings. The average Bonchev–Trinajstić information content (AvgIpc) is 3.13. The Balaban J connectivity index is 1.86. The van der Waals surface area contributed by atoms with Gasteiger partial charge in [0.15, 0.2) is 0 Å². The van der Waals surface area contributed by atoms with E-state index < -0.39 is 0 Å². The van der Waals surface area contributed by atoms with Crippen LogP contribution in [-0.4, -0.2) is 9.55 Å². The molecule has 2 aromatic rings. The van der Waals surface area contributed by atoms with Gasteiger partial charge in [-0.15, -0.1) is 0 Å². The molecule has 0 spiro atoms. The Morgan fingerprint density at radius 1 is 1.29 bits per heavy atom. The normalized spacial score (nSPS) is 16.1. The number of imidazole rings is 1. The van der Waals surface area contributed by atoms with Gasteiger partial charge in [-0.1, -0.05) is 38.7 Å². The van der Waals surface area contributed by atoms with Gasteiger partial charge in [-0.05, 0) is 36.5 Å². The molecule has 2 N–H and O–H groups in total. The van der Waals surface area contributed by atoms with E-state index >= 15 is 0 Å². The molecule has 1 aliphatic rings. The molecule has 3 heteroatoms. The Hall–Kier alpha value is -1.35. The summed E-state index contributed by atoms with van der Waals surface area (Å²) in [7, 11) is 0. The van der Waals surface area contributed by atoms with Crippen LogP contribution < -0.4 is 5.73 Å². The zero-order valence-electron chi connectivity index (χ0n) is 13.1. The number of nitrogens with two attached hydrogens (primary N) is 1. The van der Waals surface area contributed by atoms with Gasteiger partial charge in [0, 0.05) is 19.5 Å². The van der Waals surface area contributed by atoms with Crippen LogP contribution >= 0.6 is 0 Å². The van der Waals surface area contributed by atoms with E-state index in [4.69, 9.17) is 10.7 Å². The summed E-state index contributed by atoms with van der Waals surface area (Å²) in [4.78, 5) is 4.91. The molecule has 0 bridgehead atoms. The molecule has 0 atom stereocenters. The first-order chi connectivity index (χ1) is 10.3. The first kappa shape index (κ1) is 14.6. The van der Waals surface area contributed by atoms with Crippen LogP contribution in [0.1, 0.15) is 56.8 Å². The molecule has 3 nitrogen and oxygen atoms in total. The van der Waals surface area contributed by atoms with Gasteiger partial charge in [0.1, 0.15) is 5.82 Å². The van der Waals surface area contributed by atoms with Gasteiger partial charge in [0.05, 0.1) is 11.0 Å². The maximum Gasteiger partial charge on any atom is 0.109 e. The summed E-state index contributed by atoms with van der Waals surface area (Å²) in [6.07, 6.45) is 9.27. The number of fused-ring (bicyclic) bond motifs is 1. The molecule has 0 saturated heterocycles. The van der Waals surface area contributed by atoms with Crippen LogP contribution in [0.25, 0.3) is 11.0 Å². The standard InChI is InChI=1S/C18H27N3/c1-2-11-21-17-9-7-15(13-19)12-16(17)20-18(21)10-8-14-5-3-4-6-14/h7,9,12,14H,2-6,8,10-11,13,19H2,1H3. The Morgan fingerprint density at radius 3 is 2.81 bits per heavy atom. The third kappa shape index (κ3) is 3.13. The molecule has 1 heterocycles. The SMILES string of the molecule is CCCn1c(CCC2CCCC2)nc2cc(CN)ccc21. The molecule has 0 unspecified atom stereocenters. The highest BCUT2D eigenvalue weighted by Gasteiger charge is 2.17. The van der Waals surface area contributed by atoms with E-state index in [9.17, 15) is 0 Å². The highest BCUT2D eigenvalue weighted by molar-refractivity contribution is 5.77. The first-order valence-electron chi connectivity index (χ1n) is 8.50. The molecule has 21 heavy (non-hydrogen) atoms. The number of benzene rings is 1. The number of nitrogens with zero attached hydrogens (tertiary/aromatic N) is 2. The van der Waals surface area contributed by atoms with E-state index in [-0.39, 0.29) is 0 Å². The monoisotopic (exact) mass is 285 g/mol. The van der Waals surface area contributed by atoms with Crippen LogP contribution in [0.2, 0.25) is 0 Å². The minimum atomic E-state index is 0.591. The lowest BCUT2D eigenvalue weighted by molar-refractivity contribution is 0.488. The second kappa shape index (κ2) is 6.61. The van der Waals surface area contributed by atoms with Crippen molar-refractivity contribution in [1.82, 2.24) is 9.55 Å². The topological polar surface area (TPSA) is 43.8 Å². The number of aromatic nitrogens is 2. The summed E-state index contributed by atoms with van der Waals surface area (Å²) in [6.45, 7) is 3.90. The smallest absolute Gasteiger partial charge is 0.109 e. The van der Waals surface area contributed by atoms with Crippen LogP contribution in [0.5, 0.6) is 0 Å².